The summed E-state index contributed by atoms with van der Waals surface area (Å²) in [7, 11) is -2.92. The first-order valence-corrected chi connectivity index (χ1v) is 5.96. The Morgan fingerprint density at radius 3 is 2.85 bits per heavy atom. The van der Waals surface area contributed by atoms with E-state index in [1.165, 1.54) is 6.26 Å². The number of aromatic amines is 1. The second-order valence-electron chi connectivity index (χ2n) is 3.12. The van der Waals surface area contributed by atoms with Gasteiger partial charge >= 0.3 is 0 Å². The van der Waals surface area contributed by atoms with Gasteiger partial charge in [-0.2, -0.15) is 5.10 Å². The second kappa shape index (κ2) is 3.78. The lowest BCUT2D eigenvalue weighted by Crippen LogP contribution is -2.24. The van der Waals surface area contributed by atoms with Crippen molar-refractivity contribution in [3.63, 3.8) is 0 Å². The zero-order valence-electron chi connectivity index (χ0n) is 7.61. The molecule has 2 N–H and O–H groups in total. The summed E-state index contributed by atoms with van der Waals surface area (Å²) in [5.74, 6) is 0.123. The maximum atomic E-state index is 10.9. The molecule has 6 heteroatoms. The Kier molecular flexibility index (Phi) is 2.92. The minimum atomic E-state index is -2.92. The number of rotatable bonds is 4. The second-order valence-corrected chi connectivity index (χ2v) is 5.31. The van der Waals surface area contributed by atoms with Gasteiger partial charge in [-0.25, -0.2) is 8.42 Å². The van der Waals surface area contributed by atoms with E-state index in [9.17, 15) is 8.42 Å². The van der Waals surface area contributed by atoms with Crippen molar-refractivity contribution in [1.82, 2.24) is 10.2 Å². The van der Waals surface area contributed by atoms with Crippen molar-refractivity contribution in [3.8, 4) is 0 Å². The summed E-state index contributed by atoms with van der Waals surface area (Å²) in [6.45, 7) is 1.81. The van der Waals surface area contributed by atoms with Crippen molar-refractivity contribution in [1.29, 1.82) is 0 Å². The van der Waals surface area contributed by atoms with Crippen molar-refractivity contribution in [2.45, 2.75) is 13.0 Å². The Morgan fingerprint density at radius 2 is 2.38 bits per heavy atom. The third-order valence-corrected chi connectivity index (χ3v) is 2.57. The molecule has 1 aromatic heterocycles. The maximum Gasteiger partial charge on any atom is 0.149 e. The summed E-state index contributed by atoms with van der Waals surface area (Å²) in [6.07, 6.45) is 4.51. The summed E-state index contributed by atoms with van der Waals surface area (Å²) >= 11 is 0. The van der Waals surface area contributed by atoms with E-state index in [4.69, 9.17) is 0 Å². The summed E-state index contributed by atoms with van der Waals surface area (Å²) in [6, 6.07) is -0.104. The van der Waals surface area contributed by atoms with Gasteiger partial charge in [-0.15, -0.1) is 0 Å². The molecule has 1 atom stereocenters. The molecule has 0 radical (unpaired) electrons. The van der Waals surface area contributed by atoms with E-state index in [1.54, 1.807) is 12.4 Å². The van der Waals surface area contributed by atoms with Gasteiger partial charge in [0.15, 0.2) is 0 Å². The van der Waals surface area contributed by atoms with Crippen LogP contribution in [-0.4, -0.2) is 36.7 Å². The van der Waals surface area contributed by atoms with Crippen LogP contribution in [0, 0.1) is 0 Å². The average molecular weight is 203 g/mol. The predicted octanol–water partition coefficient (Wildman–Crippen LogP) is 0.255. The molecule has 0 saturated carbocycles. The molecule has 1 aromatic rings. The van der Waals surface area contributed by atoms with E-state index in [1.807, 2.05) is 6.92 Å². The molecule has 1 unspecified atom stereocenters. The Bertz CT molecular complexity index is 344. The molecule has 1 heterocycles. The van der Waals surface area contributed by atoms with Crippen LogP contribution < -0.4 is 5.32 Å². The first-order valence-electron chi connectivity index (χ1n) is 3.90. The molecule has 0 saturated heterocycles. The molecule has 0 aliphatic carbocycles. The summed E-state index contributed by atoms with van der Waals surface area (Å²) in [5.41, 5.74) is 0.802. The van der Waals surface area contributed by atoms with Crippen LogP contribution in [0.3, 0.4) is 0 Å². The number of H-pyrrole nitrogens is 1. The molecular weight excluding hydrogens is 190 g/mol. The SMILES string of the molecule is CC(CS(C)(=O)=O)Nc1cn[nH]c1. The highest BCUT2D eigenvalue weighted by atomic mass is 32.2. The molecule has 5 nitrogen and oxygen atoms in total. The lowest BCUT2D eigenvalue weighted by Gasteiger charge is -2.11. The molecule has 13 heavy (non-hydrogen) atoms. The number of anilines is 1. The van der Waals surface area contributed by atoms with Gasteiger partial charge in [0.05, 0.1) is 17.6 Å². The molecule has 0 amide bonds. The van der Waals surface area contributed by atoms with E-state index in [-0.39, 0.29) is 11.8 Å². The zero-order chi connectivity index (χ0) is 9.90. The van der Waals surface area contributed by atoms with Crippen LogP contribution in [0.5, 0.6) is 0 Å². The quantitative estimate of drug-likeness (QED) is 0.735. The highest BCUT2D eigenvalue weighted by molar-refractivity contribution is 7.90. The Balaban J connectivity index is 2.47. The summed E-state index contributed by atoms with van der Waals surface area (Å²) < 4.78 is 21.8. The molecule has 0 aliphatic heterocycles. The minimum Gasteiger partial charge on any atom is -0.379 e. The third-order valence-electron chi connectivity index (χ3n) is 1.46. The van der Waals surface area contributed by atoms with Crippen LogP contribution in [0.4, 0.5) is 5.69 Å². The standard InChI is InChI=1S/C7H13N3O2S/c1-6(5-13(2,11)12)10-7-3-8-9-4-7/h3-4,6,10H,5H2,1-2H3,(H,8,9). The van der Waals surface area contributed by atoms with Gasteiger partial charge in [0, 0.05) is 18.5 Å². The average Bonchev–Trinajstić information content (AvgIpc) is 2.34. The van der Waals surface area contributed by atoms with E-state index in [0.717, 1.165) is 5.69 Å². The third kappa shape index (κ3) is 3.93. The van der Waals surface area contributed by atoms with E-state index < -0.39 is 9.84 Å². The monoisotopic (exact) mass is 203 g/mol. The molecule has 0 fully saturated rings. The van der Waals surface area contributed by atoms with Crippen LogP contribution in [0.25, 0.3) is 0 Å². The molecule has 0 spiro atoms. The van der Waals surface area contributed by atoms with Gasteiger partial charge in [0.1, 0.15) is 9.84 Å². The molecule has 1 rings (SSSR count). The molecule has 0 bridgehead atoms. The largest absolute Gasteiger partial charge is 0.379 e. The number of hydrogen-bond donors (Lipinski definition) is 2. The summed E-state index contributed by atoms with van der Waals surface area (Å²) in [4.78, 5) is 0. The normalized spacial score (nSPS) is 14.0. The fraction of sp³-hybridized carbons (Fsp3) is 0.571. The van der Waals surface area contributed by atoms with Crippen LogP contribution in [0.15, 0.2) is 12.4 Å². The van der Waals surface area contributed by atoms with Gasteiger partial charge in [0.25, 0.3) is 0 Å². The number of nitrogens with one attached hydrogen (secondary N) is 2. The number of sulfone groups is 1. The lowest BCUT2D eigenvalue weighted by molar-refractivity contribution is 0.598. The smallest absolute Gasteiger partial charge is 0.149 e. The van der Waals surface area contributed by atoms with E-state index in [2.05, 4.69) is 15.5 Å². The van der Waals surface area contributed by atoms with E-state index in [0.29, 0.717) is 0 Å². The van der Waals surface area contributed by atoms with Gasteiger partial charge in [-0.3, -0.25) is 5.10 Å². The molecule has 74 valence electrons. The number of aromatic nitrogens is 2. The van der Waals surface area contributed by atoms with Crippen molar-refractivity contribution in [2.75, 3.05) is 17.3 Å². The molecule has 0 aliphatic rings. The maximum absolute atomic E-state index is 10.9. The van der Waals surface area contributed by atoms with Crippen LogP contribution in [0.1, 0.15) is 6.92 Å². The van der Waals surface area contributed by atoms with Gasteiger partial charge in [0.2, 0.25) is 0 Å². The zero-order valence-corrected chi connectivity index (χ0v) is 8.43. The minimum absolute atomic E-state index is 0.104. The van der Waals surface area contributed by atoms with Gasteiger partial charge in [-0.05, 0) is 6.92 Å². The highest BCUT2D eigenvalue weighted by Gasteiger charge is 2.09. The topological polar surface area (TPSA) is 74.8 Å². The van der Waals surface area contributed by atoms with Crippen molar-refractivity contribution < 1.29 is 8.42 Å². The van der Waals surface area contributed by atoms with Crippen molar-refractivity contribution >= 4 is 15.5 Å². The van der Waals surface area contributed by atoms with E-state index >= 15 is 0 Å². The first-order chi connectivity index (χ1) is 5.97. The Hall–Kier alpha value is -1.04. The summed E-state index contributed by atoms with van der Waals surface area (Å²) in [5, 5.41) is 9.38. The van der Waals surface area contributed by atoms with Crippen LogP contribution in [0.2, 0.25) is 0 Å². The fourth-order valence-electron chi connectivity index (χ4n) is 1.11. The van der Waals surface area contributed by atoms with Crippen molar-refractivity contribution in [2.24, 2.45) is 0 Å². The van der Waals surface area contributed by atoms with Gasteiger partial charge < -0.3 is 5.32 Å². The highest BCUT2D eigenvalue weighted by Crippen LogP contribution is 2.04. The first kappa shape index (κ1) is 10.0. The van der Waals surface area contributed by atoms with Crippen molar-refractivity contribution in [3.05, 3.63) is 12.4 Å². The Labute approximate surface area is 77.5 Å². The fourth-order valence-corrected chi connectivity index (χ4v) is 2.10. The van der Waals surface area contributed by atoms with Crippen LogP contribution >= 0.6 is 0 Å². The Morgan fingerprint density at radius 1 is 1.69 bits per heavy atom. The number of nitrogens with zero attached hydrogens (tertiary/aromatic N) is 1. The van der Waals surface area contributed by atoms with Crippen LogP contribution in [-0.2, 0) is 9.84 Å². The molecular formula is C7H13N3O2S. The predicted molar refractivity (Wildman–Crippen MR) is 51.4 cm³/mol. The lowest BCUT2D eigenvalue weighted by atomic mass is 10.4. The van der Waals surface area contributed by atoms with Gasteiger partial charge in [-0.1, -0.05) is 0 Å². The molecule has 0 aromatic carbocycles. The number of hydrogen-bond acceptors (Lipinski definition) is 4.